The van der Waals surface area contributed by atoms with E-state index in [4.69, 9.17) is 0 Å². The summed E-state index contributed by atoms with van der Waals surface area (Å²) in [6, 6.07) is 20.3. The smallest absolute Gasteiger partial charge is 0.00399 e. The Hall–Kier alpha value is -0.210. The summed E-state index contributed by atoms with van der Waals surface area (Å²) in [5.41, 5.74) is 1.69. The first kappa shape index (κ1) is 17.8. The Morgan fingerprint density at radius 2 is 1.11 bits per heavy atom. The molecule has 0 fully saturated rings. The first-order valence-corrected chi connectivity index (χ1v) is 6.24. The van der Waals surface area contributed by atoms with Crippen molar-refractivity contribution in [3.63, 3.8) is 0 Å². The maximum Gasteiger partial charge on any atom is 0.00399 e. The Morgan fingerprint density at radius 3 is 1.33 bits per heavy atom. The zero-order valence-corrected chi connectivity index (χ0v) is 14.6. The molecule has 2 aromatic rings. The molecular weight excluding hydrogens is 247 g/mol. The van der Waals surface area contributed by atoms with Crippen LogP contribution in [0, 0.1) is 0 Å². The third-order valence-electron chi connectivity index (χ3n) is 2.40. The summed E-state index contributed by atoms with van der Waals surface area (Å²) in [6.07, 6.45) is 0. The summed E-state index contributed by atoms with van der Waals surface area (Å²) in [5.74, 6) is 0. The van der Waals surface area contributed by atoms with Gasteiger partial charge in [0.25, 0.3) is 0 Å². The molecule has 0 N–H and O–H groups in total. The molecule has 0 aromatic heterocycles. The molecule has 0 aliphatic heterocycles. The molecule has 1 radical (unpaired) electrons. The molecular formula is C16H20NaS. The summed E-state index contributed by atoms with van der Waals surface area (Å²) < 4.78 is 0. The van der Waals surface area contributed by atoms with Crippen LogP contribution in [0.25, 0.3) is 0 Å². The molecule has 18 heavy (non-hydrogen) atoms. The molecule has 0 atom stereocenters. The Bertz CT molecular complexity index is 418. The molecule has 0 unspecified atom stereocenters. The quantitative estimate of drug-likeness (QED) is 0.524. The predicted octanol–water partition coefficient (Wildman–Crippen LogP) is 4.58. The van der Waals surface area contributed by atoms with Crippen LogP contribution in [0.3, 0.4) is 0 Å². The van der Waals surface area contributed by atoms with E-state index in [2.05, 4.69) is 63.7 Å². The molecule has 2 rings (SSSR count). The molecule has 0 spiro atoms. The Kier molecular flexibility index (Phi) is 8.71. The second kappa shape index (κ2) is 8.82. The zero-order valence-electron chi connectivity index (χ0n) is 11.7. The van der Waals surface area contributed by atoms with E-state index in [1.54, 1.807) is 0 Å². The Morgan fingerprint density at radius 1 is 0.722 bits per heavy atom. The maximum atomic E-state index is 4.08. The Labute approximate surface area is 139 Å². The van der Waals surface area contributed by atoms with Crippen molar-refractivity contribution < 1.29 is 0 Å². The monoisotopic (exact) mass is 267 g/mol. The molecule has 0 nitrogen and oxygen atoms in total. The minimum Gasteiger partial charge on any atom is -0.143 e. The standard InChI is InChI=1S/C10H14.C6H6S.Na/c1-10(2,3)9-7-5-4-6-8-9;7-6-4-2-1-3-5-6;/h4-8H,1-3H3;1-5,7H;. The van der Waals surface area contributed by atoms with Gasteiger partial charge in [-0.25, -0.2) is 0 Å². The van der Waals surface area contributed by atoms with E-state index in [9.17, 15) is 0 Å². The summed E-state index contributed by atoms with van der Waals surface area (Å²) in [4.78, 5) is 1.02. The van der Waals surface area contributed by atoms with Crippen molar-refractivity contribution in [1.82, 2.24) is 0 Å². The molecule has 0 amide bonds. The third-order valence-corrected chi connectivity index (χ3v) is 2.69. The van der Waals surface area contributed by atoms with Crippen LogP contribution in [0.4, 0.5) is 0 Å². The van der Waals surface area contributed by atoms with Crippen LogP contribution < -0.4 is 0 Å². The average molecular weight is 267 g/mol. The van der Waals surface area contributed by atoms with Crippen molar-refractivity contribution >= 4 is 42.2 Å². The first-order chi connectivity index (χ1) is 8.00. The normalized spacial score (nSPS) is 9.78. The van der Waals surface area contributed by atoms with Gasteiger partial charge >= 0.3 is 0 Å². The summed E-state index contributed by atoms with van der Waals surface area (Å²) in [6.45, 7) is 6.67. The topological polar surface area (TPSA) is 0 Å². The first-order valence-electron chi connectivity index (χ1n) is 5.79. The predicted molar refractivity (Wildman–Crippen MR) is 84.6 cm³/mol. The maximum absolute atomic E-state index is 4.08. The SMILES string of the molecule is CC(C)(C)c1ccccc1.Sc1ccccc1.[Na]. The molecule has 2 aromatic carbocycles. The van der Waals surface area contributed by atoms with Crippen LogP contribution in [0.15, 0.2) is 65.6 Å². The van der Waals surface area contributed by atoms with Crippen LogP contribution >= 0.6 is 12.6 Å². The fraction of sp³-hybridized carbons (Fsp3) is 0.250. The number of hydrogen-bond acceptors (Lipinski definition) is 1. The van der Waals surface area contributed by atoms with E-state index in [0.717, 1.165) is 4.90 Å². The van der Waals surface area contributed by atoms with Gasteiger partial charge in [0.15, 0.2) is 0 Å². The van der Waals surface area contributed by atoms with Crippen molar-refractivity contribution in [3.8, 4) is 0 Å². The second-order valence-corrected chi connectivity index (χ2v) is 5.47. The minimum atomic E-state index is 0. The average Bonchev–Trinajstić information content (AvgIpc) is 2.31. The van der Waals surface area contributed by atoms with Gasteiger partial charge in [0, 0.05) is 34.5 Å². The van der Waals surface area contributed by atoms with E-state index >= 15 is 0 Å². The van der Waals surface area contributed by atoms with Crippen LogP contribution in [0.1, 0.15) is 26.3 Å². The molecule has 0 saturated carbocycles. The molecule has 0 saturated heterocycles. The van der Waals surface area contributed by atoms with E-state index in [1.807, 2.05) is 30.3 Å². The summed E-state index contributed by atoms with van der Waals surface area (Å²) in [5, 5.41) is 0. The van der Waals surface area contributed by atoms with Gasteiger partial charge in [0.2, 0.25) is 0 Å². The fourth-order valence-corrected chi connectivity index (χ4v) is 1.54. The number of hydrogen-bond donors (Lipinski definition) is 1. The van der Waals surface area contributed by atoms with Crippen LogP contribution in [-0.4, -0.2) is 29.6 Å². The van der Waals surface area contributed by atoms with Crippen molar-refractivity contribution in [2.24, 2.45) is 0 Å². The number of benzene rings is 2. The van der Waals surface area contributed by atoms with E-state index in [-0.39, 0.29) is 29.6 Å². The van der Waals surface area contributed by atoms with E-state index in [0.29, 0.717) is 5.41 Å². The van der Waals surface area contributed by atoms with Crippen molar-refractivity contribution in [1.29, 1.82) is 0 Å². The number of thiol groups is 1. The Balaban J connectivity index is 0.000000321. The van der Waals surface area contributed by atoms with Crippen LogP contribution in [0.2, 0.25) is 0 Å². The third kappa shape index (κ3) is 7.27. The van der Waals surface area contributed by atoms with Crippen molar-refractivity contribution in [3.05, 3.63) is 66.2 Å². The van der Waals surface area contributed by atoms with Crippen LogP contribution in [-0.2, 0) is 5.41 Å². The van der Waals surface area contributed by atoms with Gasteiger partial charge in [-0.15, -0.1) is 12.6 Å². The summed E-state index contributed by atoms with van der Waals surface area (Å²) in [7, 11) is 0. The molecule has 2 heteroatoms. The fourth-order valence-electron chi connectivity index (χ4n) is 1.37. The summed E-state index contributed by atoms with van der Waals surface area (Å²) >= 11 is 4.08. The molecule has 0 aliphatic rings. The van der Waals surface area contributed by atoms with Gasteiger partial charge in [0.05, 0.1) is 0 Å². The minimum absolute atomic E-state index is 0. The van der Waals surface area contributed by atoms with Gasteiger partial charge < -0.3 is 0 Å². The van der Waals surface area contributed by atoms with Gasteiger partial charge in [-0.05, 0) is 23.1 Å². The van der Waals surface area contributed by atoms with E-state index in [1.165, 1.54) is 5.56 Å². The second-order valence-electron chi connectivity index (χ2n) is 4.95. The van der Waals surface area contributed by atoms with Crippen molar-refractivity contribution in [2.45, 2.75) is 31.1 Å². The van der Waals surface area contributed by atoms with Gasteiger partial charge in [-0.2, -0.15) is 0 Å². The number of rotatable bonds is 0. The van der Waals surface area contributed by atoms with Gasteiger partial charge in [0.1, 0.15) is 0 Å². The van der Waals surface area contributed by atoms with E-state index < -0.39 is 0 Å². The van der Waals surface area contributed by atoms with Gasteiger partial charge in [-0.3, -0.25) is 0 Å². The molecule has 0 heterocycles. The van der Waals surface area contributed by atoms with Crippen LogP contribution in [0.5, 0.6) is 0 Å². The molecule has 0 bridgehead atoms. The van der Waals surface area contributed by atoms with Crippen molar-refractivity contribution in [2.75, 3.05) is 0 Å². The van der Waals surface area contributed by atoms with Gasteiger partial charge in [-0.1, -0.05) is 69.3 Å². The molecule has 91 valence electrons. The largest absolute Gasteiger partial charge is 0.143 e. The zero-order chi connectivity index (χ0) is 12.7. The molecule has 0 aliphatic carbocycles.